The molecule has 14 heavy (non-hydrogen) atoms. The summed E-state index contributed by atoms with van der Waals surface area (Å²) >= 11 is 0. The van der Waals surface area contributed by atoms with Gasteiger partial charge in [0, 0.05) is 5.92 Å². The molecule has 2 aliphatic carbocycles. The summed E-state index contributed by atoms with van der Waals surface area (Å²) in [6, 6.07) is 0. The smallest absolute Gasteiger partial charge is 0.123 e. The van der Waals surface area contributed by atoms with Crippen LogP contribution in [0.3, 0.4) is 0 Å². The monoisotopic (exact) mass is 194 g/mol. The van der Waals surface area contributed by atoms with Crippen LogP contribution < -0.4 is 0 Å². The minimum atomic E-state index is 0.415. The third-order valence-electron chi connectivity index (χ3n) is 4.31. The van der Waals surface area contributed by atoms with Crippen LogP contribution in [-0.4, -0.2) is 6.29 Å². The fourth-order valence-corrected chi connectivity index (χ4v) is 3.60. The average Bonchev–Trinajstić information content (AvgIpc) is 2.93. The second kappa shape index (κ2) is 4.04. The van der Waals surface area contributed by atoms with Gasteiger partial charge in [-0.2, -0.15) is 0 Å². The van der Waals surface area contributed by atoms with E-state index in [4.69, 9.17) is 0 Å². The average molecular weight is 194 g/mol. The summed E-state index contributed by atoms with van der Waals surface area (Å²) in [5.41, 5.74) is 0. The van der Waals surface area contributed by atoms with Gasteiger partial charge in [0.2, 0.25) is 0 Å². The van der Waals surface area contributed by atoms with Crippen LogP contribution in [0.4, 0.5) is 0 Å². The molecule has 0 N–H and O–H groups in total. The summed E-state index contributed by atoms with van der Waals surface area (Å²) in [5, 5.41) is 0. The van der Waals surface area contributed by atoms with Crippen molar-refractivity contribution in [2.75, 3.05) is 0 Å². The molecule has 3 atom stereocenters. The number of hydrogen-bond acceptors (Lipinski definition) is 1. The fraction of sp³-hybridized carbons (Fsp3) is 0.923. The van der Waals surface area contributed by atoms with Crippen molar-refractivity contribution in [3.05, 3.63) is 0 Å². The first-order chi connectivity index (χ1) is 6.75. The van der Waals surface area contributed by atoms with E-state index in [9.17, 15) is 4.79 Å². The van der Waals surface area contributed by atoms with E-state index in [-0.39, 0.29) is 0 Å². The molecule has 0 radical (unpaired) electrons. The summed E-state index contributed by atoms with van der Waals surface area (Å²) in [6.07, 6.45) is 8.22. The van der Waals surface area contributed by atoms with Crippen LogP contribution in [0.5, 0.6) is 0 Å². The normalized spacial score (nSPS) is 38.6. The highest BCUT2D eigenvalue weighted by Gasteiger charge is 2.54. The molecule has 0 aromatic carbocycles. The van der Waals surface area contributed by atoms with Crippen molar-refractivity contribution in [1.29, 1.82) is 0 Å². The first-order valence-electron chi connectivity index (χ1n) is 6.21. The lowest BCUT2D eigenvalue weighted by Gasteiger charge is -2.22. The number of aldehydes is 1. The zero-order valence-corrected chi connectivity index (χ0v) is 9.41. The van der Waals surface area contributed by atoms with Crippen molar-refractivity contribution < 1.29 is 4.79 Å². The molecule has 0 aromatic rings. The second-order valence-electron chi connectivity index (χ2n) is 5.51. The maximum Gasteiger partial charge on any atom is 0.123 e. The van der Waals surface area contributed by atoms with E-state index in [1.54, 1.807) is 0 Å². The predicted octanol–water partition coefficient (Wildman–Crippen LogP) is 3.28. The van der Waals surface area contributed by atoms with Crippen LogP contribution in [0.1, 0.15) is 46.0 Å². The standard InChI is InChI=1S/C13H22O/c1-9(2)12-11(8-14)13(12)10-6-4-3-5-7-10/h8-13H,3-7H2,1-2H3/t11-,12-,13-/m1/s1. The Kier molecular flexibility index (Phi) is 2.94. The molecule has 2 saturated carbocycles. The van der Waals surface area contributed by atoms with Gasteiger partial charge in [0.15, 0.2) is 0 Å². The Hall–Kier alpha value is -0.330. The molecule has 0 bridgehead atoms. The van der Waals surface area contributed by atoms with Crippen molar-refractivity contribution in [1.82, 2.24) is 0 Å². The van der Waals surface area contributed by atoms with Crippen LogP contribution in [0.25, 0.3) is 0 Å². The Morgan fingerprint density at radius 3 is 2.21 bits per heavy atom. The highest BCUT2D eigenvalue weighted by Crippen LogP contribution is 2.56. The molecule has 0 aliphatic heterocycles. The van der Waals surface area contributed by atoms with Gasteiger partial charge in [-0.3, -0.25) is 0 Å². The molecular weight excluding hydrogens is 172 g/mol. The highest BCUT2D eigenvalue weighted by molar-refractivity contribution is 5.59. The first-order valence-corrected chi connectivity index (χ1v) is 6.21. The summed E-state index contributed by atoms with van der Waals surface area (Å²) in [5.74, 6) is 3.48. The number of hydrogen-bond donors (Lipinski definition) is 0. The minimum Gasteiger partial charge on any atom is -0.303 e. The molecule has 0 heterocycles. The molecule has 0 unspecified atom stereocenters. The minimum absolute atomic E-state index is 0.415. The summed E-state index contributed by atoms with van der Waals surface area (Å²) in [6.45, 7) is 4.54. The van der Waals surface area contributed by atoms with Gasteiger partial charge in [-0.15, -0.1) is 0 Å². The zero-order chi connectivity index (χ0) is 10.1. The van der Waals surface area contributed by atoms with E-state index in [0.29, 0.717) is 11.8 Å². The molecule has 2 fully saturated rings. The predicted molar refractivity (Wildman–Crippen MR) is 57.9 cm³/mol. The summed E-state index contributed by atoms with van der Waals surface area (Å²) in [4.78, 5) is 10.9. The van der Waals surface area contributed by atoms with Crippen molar-refractivity contribution in [3.63, 3.8) is 0 Å². The van der Waals surface area contributed by atoms with E-state index in [1.165, 1.54) is 38.4 Å². The lowest BCUT2D eigenvalue weighted by Crippen LogP contribution is -2.11. The molecule has 2 aliphatic rings. The maximum atomic E-state index is 10.9. The summed E-state index contributed by atoms with van der Waals surface area (Å²) < 4.78 is 0. The van der Waals surface area contributed by atoms with Crippen LogP contribution >= 0.6 is 0 Å². The van der Waals surface area contributed by atoms with Crippen molar-refractivity contribution in [3.8, 4) is 0 Å². The van der Waals surface area contributed by atoms with Gasteiger partial charge >= 0.3 is 0 Å². The topological polar surface area (TPSA) is 17.1 Å². The Morgan fingerprint density at radius 2 is 1.79 bits per heavy atom. The van der Waals surface area contributed by atoms with E-state index in [2.05, 4.69) is 13.8 Å². The number of rotatable bonds is 3. The third-order valence-corrected chi connectivity index (χ3v) is 4.31. The third kappa shape index (κ3) is 1.74. The van der Waals surface area contributed by atoms with E-state index in [1.807, 2.05) is 0 Å². The number of carbonyl (C=O) groups excluding carboxylic acids is 1. The molecule has 80 valence electrons. The van der Waals surface area contributed by atoms with Gasteiger partial charge < -0.3 is 4.79 Å². The Balaban J connectivity index is 1.94. The van der Waals surface area contributed by atoms with Gasteiger partial charge in [0.25, 0.3) is 0 Å². The molecule has 2 rings (SSSR count). The van der Waals surface area contributed by atoms with Crippen LogP contribution in [0.2, 0.25) is 0 Å². The van der Waals surface area contributed by atoms with Crippen molar-refractivity contribution in [2.45, 2.75) is 46.0 Å². The maximum absolute atomic E-state index is 10.9. The molecule has 1 nitrogen and oxygen atoms in total. The van der Waals surface area contributed by atoms with E-state index >= 15 is 0 Å². The van der Waals surface area contributed by atoms with Gasteiger partial charge in [-0.25, -0.2) is 0 Å². The van der Waals surface area contributed by atoms with Crippen molar-refractivity contribution in [2.24, 2.45) is 29.6 Å². The molecule has 0 saturated heterocycles. The van der Waals surface area contributed by atoms with Crippen LogP contribution in [0.15, 0.2) is 0 Å². The largest absolute Gasteiger partial charge is 0.303 e. The summed E-state index contributed by atoms with van der Waals surface area (Å²) in [7, 11) is 0. The lowest BCUT2D eigenvalue weighted by atomic mass is 9.84. The second-order valence-corrected chi connectivity index (χ2v) is 5.51. The van der Waals surface area contributed by atoms with Crippen LogP contribution in [0, 0.1) is 29.6 Å². The lowest BCUT2D eigenvalue weighted by molar-refractivity contribution is -0.109. The molecule has 0 spiro atoms. The van der Waals surface area contributed by atoms with Crippen molar-refractivity contribution >= 4 is 6.29 Å². The van der Waals surface area contributed by atoms with Gasteiger partial charge in [0.05, 0.1) is 0 Å². The number of carbonyl (C=O) groups is 1. The van der Waals surface area contributed by atoms with Gasteiger partial charge in [0.1, 0.15) is 6.29 Å². The molecular formula is C13H22O. The molecule has 0 amide bonds. The molecule has 0 aromatic heterocycles. The highest BCUT2D eigenvalue weighted by atomic mass is 16.1. The van der Waals surface area contributed by atoms with E-state index < -0.39 is 0 Å². The Bertz CT molecular complexity index is 203. The zero-order valence-electron chi connectivity index (χ0n) is 9.41. The fourth-order valence-electron chi connectivity index (χ4n) is 3.60. The van der Waals surface area contributed by atoms with E-state index in [0.717, 1.165) is 17.8 Å². The quantitative estimate of drug-likeness (QED) is 0.630. The SMILES string of the molecule is CC(C)[C@@H]1[C@@H](C=O)[C@H]1C1CCCCC1. The van der Waals surface area contributed by atoms with Gasteiger partial charge in [-0.1, -0.05) is 46.0 Å². The Morgan fingerprint density at radius 1 is 1.14 bits per heavy atom. The first kappa shape index (κ1) is 10.2. The van der Waals surface area contributed by atoms with Gasteiger partial charge in [-0.05, 0) is 23.7 Å². The molecule has 1 heteroatoms. The Labute approximate surface area is 87.3 Å². The van der Waals surface area contributed by atoms with Crippen LogP contribution in [-0.2, 0) is 4.79 Å².